The second kappa shape index (κ2) is 6.78. The van der Waals surface area contributed by atoms with Gasteiger partial charge in [0.05, 0.1) is 21.7 Å². The standard InChI is InChI=1S/C13H18N2O2S3/c1-3-5-8-20(16,17)15-10-6-7-11-12(9-10)19-13(14-11)18-4-2/h6-7,9,15H,3-5,8H2,1-2H3. The average Bonchev–Trinajstić information content (AvgIpc) is 2.78. The summed E-state index contributed by atoms with van der Waals surface area (Å²) in [6.45, 7) is 4.07. The first-order chi connectivity index (χ1) is 9.54. The van der Waals surface area contributed by atoms with Crippen LogP contribution in [0.2, 0.25) is 0 Å². The highest BCUT2D eigenvalue weighted by Gasteiger charge is 2.11. The summed E-state index contributed by atoms with van der Waals surface area (Å²) in [6, 6.07) is 5.49. The van der Waals surface area contributed by atoms with Crippen molar-refractivity contribution in [2.75, 3.05) is 16.2 Å². The average molecular weight is 331 g/mol. The Bertz CT molecular complexity index is 680. The fourth-order valence-electron chi connectivity index (χ4n) is 1.72. The van der Waals surface area contributed by atoms with Gasteiger partial charge in [0.2, 0.25) is 10.0 Å². The molecule has 1 N–H and O–H groups in total. The van der Waals surface area contributed by atoms with Crippen LogP contribution < -0.4 is 4.72 Å². The van der Waals surface area contributed by atoms with E-state index in [0.29, 0.717) is 12.1 Å². The van der Waals surface area contributed by atoms with Crippen molar-refractivity contribution >= 4 is 49.0 Å². The zero-order chi connectivity index (χ0) is 14.6. The first-order valence-electron chi connectivity index (χ1n) is 6.58. The fraction of sp³-hybridized carbons (Fsp3) is 0.462. The smallest absolute Gasteiger partial charge is 0.232 e. The lowest BCUT2D eigenvalue weighted by Crippen LogP contribution is -2.16. The minimum Gasteiger partial charge on any atom is -0.284 e. The number of sulfonamides is 1. The monoisotopic (exact) mass is 330 g/mol. The van der Waals surface area contributed by atoms with E-state index in [1.165, 1.54) is 0 Å². The zero-order valence-electron chi connectivity index (χ0n) is 11.5. The van der Waals surface area contributed by atoms with Crippen molar-refractivity contribution in [2.45, 2.75) is 31.0 Å². The Hall–Kier alpha value is -0.790. The van der Waals surface area contributed by atoms with E-state index in [9.17, 15) is 8.42 Å². The number of unbranched alkanes of at least 4 members (excludes halogenated alkanes) is 1. The van der Waals surface area contributed by atoms with Gasteiger partial charge in [-0.1, -0.05) is 32.0 Å². The van der Waals surface area contributed by atoms with Gasteiger partial charge in [0.15, 0.2) is 4.34 Å². The molecule has 0 atom stereocenters. The topological polar surface area (TPSA) is 59.1 Å². The number of nitrogens with one attached hydrogen (secondary N) is 1. The van der Waals surface area contributed by atoms with Crippen LogP contribution in [0.4, 0.5) is 5.69 Å². The number of hydrogen-bond donors (Lipinski definition) is 1. The Morgan fingerprint density at radius 1 is 1.35 bits per heavy atom. The Kier molecular flexibility index (Phi) is 5.29. The summed E-state index contributed by atoms with van der Waals surface area (Å²) in [4.78, 5) is 4.49. The highest BCUT2D eigenvalue weighted by Crippen LogP contribution is 2.31. The van der Waals surface area contributed by atoms with E-state index < -0.39 is 10.0 Å². The zero-order valence-corrected chi connectivity index (χ0v) is 14.0. The first kappa shape index (κ1) is 15.6. The lowest BCUT2D eigenvalue weighted by Gasteiger charge is -2.07. The van der Waals surface area contributed by atoms with Crippen molar-refractivity contribution in [3.05, 3.63) is 18.2 Å². The molecule has 0 saturated carbocycles. The second-order valence-electron chi connectivity index (χ2n) is 4.37. The fourth-order valence-corrected chi connectivity index (χ4v) is 4.98. The van der Waals surface area contributed by atoms with Crippen molar-refractivity contribution in [3.63, 3.8) is 0 Å². The Morgan fingerprint density at radius 2 is 2.15 bits per heavy atom. The van der Waals surface area contributed by atoms with E-state index in [-0.39, 0.29) is 5.75 Å². The van der Waals surface area contributed by atoms with Gasteiger partial charge < -0.3 is 0 Å². The maximum atomic E-state index is 11.9. The molecule has 1 aromatic heterocycles. The number of thiazole rings is 1. The number of fused-ring (bicyclic) bond motifs is 1. The van der Waals surface area contributed by atoms with Crippen LogP contribution in [0.25, 0.3) is 10.2 Å². The second-order valence-corrected chi connectivity index (χ2v) is 8.75. The molecular weight excluding hydrogens is 312 g/mol. The predicted molar refractivity (Wildman–Crippen MR) is 88.3 cm³/mol. The minimum atomic E-state index is -3.24. The van der Waals surface area contributed by atoms with Crippen molar-refractivity contribution < 1.29 is 8.42 Å². The van der Waals surface area contributed by atoms with E-state index >= 15 is 0 Å². The van der Waals surface area contributed by atoms with Gasteiger partial charge in [-0.2, -0.15) is 0 Å². The molecule has 0 aliphatic heterocycles. The number of benzene rings is 1. The first-order valence-corrected chi connectivity index (χ1v) is 10.0. The van der Waals surface area contributed by atoms with Gasteiger partial charge in [0.1, 0.15) is 0 Å². The largest absolute Gasteiger partial charge is 0.284 e. The molecule has 0 spiro atoms. The van der Waals surface area contributed by atoms with Gasteiger partial charge in [0, 0.05) is 0 Å². The quantitative estimate of drug-likeness (QED) is 0.781. The molecule has 0 aliphatic rings. The molecule has 0 unspecified atom stereocenters. The maximum Gasteiger partial charge on any atom is 0.232 e. The molecule has 1 heterocycles. The molecule has 0 amide bonds. The number of aromatic nitrogens is 1. The molecule has 2 aromatic rings. The molecule has 0 saturated heterocycles. The Labute approximate surface area is 128 Å². The summed E-state index contributed by atoms with van der Waals surface area (Å²) in [6.07, 6.45) is 1.54. The van der Waals surface area contributed by atoms with Crippen molar-refractivity contribution in [2.24, 2.45) is 0 Å². The lowest BCUT2D eigenvalue weighted by atomic mass is 10.3. The molecule has 0 bridgehead atoms. The summed E-state index contributed by atoms with van der Waals surface area (Å²) in [7, 11) is -3.24. The summed E-state index contributed by atoms with van der Waals surface area (Å²) in [5.41, 5.74) is 1.53. The van der Waals surface area contributed by atoms with E-state index in [1.54, 1.807) is 29.2 Å². The molecule has 2 rings (SSSR count). The van der Waals surface area contributed by atoms with Crippen LogP contribution in [0.3, 0.4) is 0 Å². The number of hydrogen-bond acceptors (Lipinski definition) is 5. The summed E-state index contributed by atoms with van der Waals surface area (Å²) < 4.78 is 28.4. The molecule has 1 aromatic carbocycles. The van der Waals surface area contributed by atoms with Gasteiger partial charge in [-0.25, -0.2) is 13.4 Å². The number of nitrogens with zero attached hydrogens (tertiary/aromatic N) is 1. The molecule has 7 heteroatoms. The van der Waals surface area contributed by atoms with Crippen LogP contribution >= 0.6 is 23.1 Å². The molecule has 0 radical (unpaired) electrons. The van der Waals surface area contributed by atoms with Crippen LogP contribution in [-0.4, -0.2) is 24.9 Å². The number of rotatable bonds is 7. The van der Waals surface area contributed by atoms with E-state index in [2.05, 4.69) is 16.6 Å². The normalized spacial score (nSPS) is 11.9. The molecule has 0 fully saturated rings. The minimum absolute atomic E-state index is 0.168. The van der Waals surface area contributed by atoms with Crippen LogP contribution in [0, 0.1) is 0 Å². The Morgan fingerprint density at radius 3 is 2.85 bits per heavy atom. The molecule has 110 valence electrons. The van der Waals surface area contributed by atoms with E-state index in [4.69, 9.17) is 0 Å². The third-order valence-electron chi connectivity index (χ3n) is 2.68. The predicted octanol–water partition coefficient (Wildman–Crippen LogP) is 3.95. The maximum absolute atomic E-state index is 11.9. The molecule has 0 aliphatic carbocycles. The van der Waals surface area contributed by atoms with Crippen molar-refractivity contribution in [1.29, 1.82) is 0 Å². The van der Waals surface area contributed by atoms with Crippen molar-refractivity contribution in [3.8, 4) is 0 Å². The van der Waals surface area contributed by atoms with Gasteiger partial charge in [-0.15, -0.1) is 11.3 Å². The van der Waals surface area contributed by atoms with Gasteiger partial charge in [-0.3, -0.25) is 4.72 Å². The highest BCUT2D eigenvalue weighted by molar-refractivity contribution is 8.01. The lowest BCUT2D eigenvalue weighted by molar-refractivity contribution is 0.598. The SMILES string of the molecule is CCCCS(=O)(=O)Nc1ccc2nc(SCC)sc2c1. The summed E-state index contributed by atoms with van der Waals surface area (Å²) >= 11 is 3.30. The van der Waals surface area contributed by atoms with E-state index in [1.807, 2.05) is 19.1 Å². The van der Waals surface area contributed by atoms with Crippen LogP contribution in [0.15, 0.2) is 22.5 Å². The Balaban J connectivity index is 2.19. The van der Waals surface area contributed by atoms with Crippen LogP contribution in [0.1, 0.15) is 26.7 Å². The third kappa shape index (κ3) is 4.10. The number of thioether (sulfide) groups is 1. The molecular formula is C13H18N2O2S3. The summed E-state index contributed by atoms with van der Waals surface area (Å²) in [5, 5.41) is 0. The third-order valence-corrected chi connectivity index (χ3v) is 6.09. The van der Waals surface area contributed by atoms with Crippen molar-refractivity contribution in [1.82, 2.24) is 4.98 Å². The van der Waals surface area contributed by atoms with Gasteiger partial charge >= 0.3 is 0 Å². The van der Waals surface area contributed by atoms with Crippen LogP contribution in [-0.2, 0) is 10.0 Å². The van der Waals surface area contributed by atoms with E-state index in [0.717, 1.165) is 26.7 Å². The number of anilines is 1. The van der Waals surface area contributed by atoms with Gasteiger partial charge in [-0.05, 0) is 30.4 Å². The molecule has 4 nitrogen and oxygen atoms in total. The van der Waals surface area contributed by atoms with Gasteiger partial charge in [0.25, 0.3) is 0 Å². The van der Waals surface area contributed by atoms with Crippen LogP contribution in [0.5, 0.6) is 0 Å². The summed E-state index contributed by atoms with van der Waals surface area (Å²) in [5.74, 6) is 1.15. The highest BCUT2D eigenvalue weighted by atomic mass is 32.2. The molecule has 20 heavy (non-hydrogen) atoms.